The lowest BCUT2D eigenvalue weighted by Gasteiger charge is -1.40. The minimum Gasteiger partial charge on any atom is -0.182 e. The fourth-order valence-electron chi connectivity index (χ4n) is 0.272. The minimum atomic E-state index is 1.21. The normalized spacial score (nSPS) is 8.00. The van der Waals surface area contributed by atoms with E-state index in [1.165, 1.54) is 23.3 Å². The van der Waals surface area contributed by atoms with Crippen molar-refractivity contribution >= 4 is 23.3 Å². The smallest absolute Gasteiger partial charge is 0.0679 e. The fourth-order valence-corrected chi connectivity index (χ4v) is 0.816. The maximum Gasteiger partial charge on any atom is 0.0679 e. The highest BCUT2D eigenvalue weighted by atomic mass is 32.1. The molecule has 2 rings (SSSR count). The number of nitrogens with zero attached hydrogens (tertiary/aromatic N) is 4. The van der Waals surface area contributed by atoms with E-state index in [-0.39, 0.29) is 0 Å². The molecule has 0 amide bonds. The Kier molecular flexibility index (Phi) is 3.58. The van der Waals surface area contributed by atoms with Crippen molar-refractivity contribution in [1.29, 1.82) is 0 Å². The SMILES string of the molecule is c1cnsn1.c1csnn1. The van der Waals surface area contributed by atoms with Gasteiger partial charge in [-0.2, -0.15) is 8.75 Å². The highest BCUT2D eigenvalue weighted by Gasteiger charge is 1.61. The van der Waals surface area contributed by atoms with Crippen LogP contribution in [-0.2, 0) is 0 Å². The Morgan fingerprint density at radius 1 is 1.00 bits per heavy atom. The summed E-state index contributed by atoms with van der Waals surface area (Å²) in [5.74, 6) is 0. The predicted molar refractivity (Wildman–Crippen MR) is 39.8 cm³/mol. The second kappa shape index (κ2) is 4.95. The van der Waals surface area contributed by atoms with E-state index >= 15 is 0 Å². The van der Waals surface area contributed by atoms with E-state index < -0.39 is 0 Å². The minimum absolute atomic E-state index is 1.21. The van der Waals surface area contributed by atoms with Crippen molar-refractivity contribution in [2.45, 2.75) is 0 Å². The lowest BCUT2D eigenvalue weighted by molar-refractivity contribution is 1.16. The van der Waals surface area contributed by atoms with Crippen LogP contribution in [0.3, 0.4) is 0 Å². The van der Waals surface area contributed by atoms with Gasteiger partial charge in [0.15, 0.2) is 0 Å². The topological polar surface area (TPSA) is 51.6 Å². The van der Waals surface area contributed by atoms with Gasteiger partial charge in [0.1, 0.15) is 0 Å². The molecule has 0 aromatic carbocycles. The summed E-state index contributed by atoms with van der Waals surface area (Å²) in [5.41, 5.74) is 0. The Labute approximate surface area is 66.0 Å². The number of hydrogen-bond donors (Lipinski definition) is 0. The van der Waals surface area contributed by atoms with Crippen LogP contribution in [0.4, 0.5) is 0 Å². The summed E-state index contributed by atoms with van der Waals surface area (Å²) in [5, 5.41) is 5.31. The van der Waals surface area contributed by atoms with Crippen molar-refractivity contribution in [2.24, 2.45) is 0 Å². The molecule has 0 aliphatic rings. The molecule has 0 radical (unpaired) electrons. The van der Waals surface area contributed by atoms with Gasteiger partial charge in [0.2, 0.25) is 0 Å². The molecule has 6 heteroatoms. The molecule has 52 valence electrons. The molecule has 10 heavy (non-hydrogen) atoms. The first kappa shape index (κ1) is 7.23. The standard InChI is InChI=1S/2C2H2N2S/c1-2-5-4-3-1;1-2-4-5-3-1/h2*1-2H. The van der Waals surface area contributed by atoms with Crippen LogP contribution in [0.15, 0.2) is 24.0 Å². The van der Waals surface area contributed by atoms with E-state index in [9.17, 15) is 0 Å². The summed E-state index contributed by atoms with van der Waals surface area (Å²) < 4.78 is 10.8. The maximum absolute atomic E-state index is 3.65. The third kappa shape index (κ3) is 3.21. The molecule has 0 fully saturated rings. The van der Waals surface area contributed by atoms with Crippen LogP contribution < -0.4 is 0 Å². The third-order valence-electron chi connectivity index (χ3n) is 0.565. The van der Waals surface area contributed by atoms with Crippen molar-refractivity contribution in [3.8, 4) is 0 Å². The summed E-state index contributed by atoms with van der Waals surface area (Å²) in [7, 11) is 0. The van der Waals surface area contributed by atoms with Crippen LogP contribution in [0.1, 0.15) is 0 Å². The van der Waals surface area contributed by atoms with Crippen LogP contribution in [0, 0.1) is 0 Å². The average molecular weight is 172 g/mol. The Morgan fingerprint density at radius 3 is 2.00 bits per heavy atom. The zero-order valence-corrected chi connectivity index (χ0v) is 6.55. The molecular formula is C4H4N4S2. The van der Waals surface area contributed by atoms with E-state index in [0.29, 0.717) is 0 Å². The van der Waals surface area contributed by atoms with Crippen LogP contribution in [0.5, 0.6) is 0 Å². The van der Waals surface area contributed by atoms with Crippen molar-refractivity contribution < 1.29 is 0 Å². The summed E-state index contributed by atoms with van der Waals surface area (Å²) in [4.78, 5) is 0. The second-order valence-electron chi connectivity index (χ2n) is 1.18. The van der Waals surface area contributed by atoms with Crippen LogP contribution >= 0.6 is 23.3 Å². The van der Waals surface area contributed by atoms with Crippen molar-refractivity contribution in [3.63, 3.8) is 0 Å². The molecule has 0 spiro atoms. The first-order valence-corrected chi connectivity index (χ1v) is 3.99. The van der Waals surface area contributed by atoms with Gasteiger partial charge in [0.25, 0.3) is 0 Å². The van der Waals surface area contributed by atoms with E-state index in [2.05, 4.69) is 18.3 Å². The molecule has 0 unspecified atom stereocenters. The van der Waals surface area contributed by atoms with Gasteiger partial charge in [0.05, 0.1) is 30.3 Å². The molecule has 0 aliphatic carbocycles. The molecule has 0 saturated heterocycles. The van der Waals surface area contributed by atoms with Gasteiger partial charge in [-0.05, 0) is 11.5 Å². The van der Waals surface area contributed by atoms with E-state index in [4.69, 9.17) is 0 Å². The molecule has 0 aliphatic heterocycles. The molecule has 0 N–H and O–H groups in total. The lowest BCUT2D eigenvalue weighted by atomic mass is 11.0. The molecule has 2 heterocycles. The van der Waals surface area contributed by atoms with Crippen molar-refractivity contribution in [1.82, 2.24) is 18.3 Å². The summed E-state index contributed by atoms with van der Waals surface area (Å²) in [6.45, 7) is 0. The average Bonchev–Trinajstić information content (AvgIpc) is 2.67. The molecule has 0 bridgehead atoms. The van der Waals surface area contributed by atoms with Gasteiger partial charge in [-0.3, -0.25) is 0 Å². The fraction of sp³-hybridized carbons (Fsp3) is 0. The van der Waals surface area contributed by atoms with Gasteiger partial charge >= 0.3 is 0 Å². The van der Waals surface area contributed by atoms with Gasteiger partial charge in [-0.15, -0.1) is 5.10 Å². The van der Waals surface area contributed by atoms with E-state index in [1.807, 2.05) is 5.38 Å². The van der Waals surface area contributed by atoms with Gasteiger partial charge in [-0.1, -0.05) is 4.49 Å². The predicted octanol–water partition coefficient (Wildman–Crippen LogP) is 1.08. The van der Waals surface area contributed by atoms with Crippen molar-refractivity contribution in [3.05, 3.63) is 24.0 Å². The summed E-state index contributed by atoms with van der Waals surface area (Å²) in [6.07, 6.45) is 4.97. The summed E-state index contributed by atoms with van der Waals surface area (Å²) in [6, 6.07) is 0. The first-order valence-electron chi connectivity index (χ1n) is 2.42. The molecule has 0 saturated carbocycles. The van der Waals surface area contributed by atoms with Crippen LogP contribution in [0.2, 0.25) is 0 Å². The number of hydrogen-bond acceptors (Lipinski definition) is 6. The highest BCUT2D eigenvalue weighted by Crippen LogP contribution is 1.78. The zero-order chi connectivity index (χ0) is 7.07. The van der Waals surface area contributed by atoms with Crippen LogP contribution in [0.25, 0.3) is 0 Å². The maximum atomic E-state index is 3.65. The molecular weight excluding hydrogens is 168 g/mol. The molecule has 2 aromatic heterocycles. The van der Waals surface area contributed by atoms with Gasteiger partial charge < -0.3 is 0 Å². The summed E-state index contributed by atoms with van der Waals surface area (Å²) >= 11 is 2.56. The quantitative estimate of drug-likeness (QED) is 0.596. The Morgan fingerprint density at radius 2 is 1.80 bits per heavy atom. The zero-order valence-electron chi connectivity index (χ0n) is 4.91. The third-order valence-corrected chi connectivity index (χ3v) is 1.43. The first-order chi connectivity index (χ1) is 5.00. The highest BCUT2D eigenvalue weighted by molar-refractivity contribution is 7.03. The van der Waals surface area contributed by atoms with Gasteiger partial charge in [0, 0.05) is 5.38 Å². The van der Waals surface area contributed by atoms with E-state index in [0.717, 1.165) is 0 Å². The molecule has 2 aromatic rings. The molecule has 4 nitrogen and oxygen atoms in total. The Balaban J connectivity index is 0.0000001000. The van der Waals surface area contributed by atoms with Crippen LogP contribution in [-0.4, -0.2) is 18.3 Å². The Hall–Kier alpha value is -0.880. The van der Waals surface area contributed by atoms with Gasteiger partial charge in [-0.25, -0.2) is 0 Å². The Bertz CT molecular complexity index is 154. The second-order valence-corrected chi connectivity index (χ2v) is 2.41. The van der Waals surface area contributed by atoms with E-state index in [1.54, 1.807) is 18.6 Å². The number of rotatable bonds is 0. The largest absolute Gasteiger partial charge is 0.182 e. The monoisotopic (exact) mass is 172 g/mol. The van der Waals surface area contributed by atoms with Crippen molar-refractivity contribution in [2.75, 3.05) is 0 Å². The number of aromatic nitrogens is 4. The lowest BCUT2D eigenvalue weighted by Crippen LogP contribution is -1.51. The molecule has 0 atom stereocenters.